The molecule has 1 unspecified atom stereocenters. The van der Waals surface area contributed by atoms with Crippen LogP contribution in [-0.4, -0.2) is 0 Å². The lowest BCUT2D eigenvalue weighted by atomic mass is 9.67. The van der Waals surface area contributed by atoms with E-state index in [1.165, 1.54) is 43.2 Å². The Labute approximate surface area is 236 Å². The van der Waals surface area contributed by atoms with Gasteiger partial charge in [0.2, 0.25) is 0 Å². The van der Waals surface area contributed by atoms with Crippen molar-refractivity contribution in [1.29, 1.82) is 5.26 Å². The molecular formula is C36H20ClNS. The minimum Gasteiger partial charge on any atom is -0.192 e. The molecule has 0 aromatic heterocycles. The van der Waals surface area contributed by atoms with E-state index < -0.39 is 5.41 Å². The van der Waals surface area contributed by atoms with Gasteiger partial charge >= 0.3 is 0 Å². The highest BCUT2D eigenvalue weighted by Gasteiger charge is 2.50. The first-order chi connectivity index (χ1) is 19.2. The molecule has 6 aromatic carbocycles. The second-order valence-electron chi connectivity index (χ2n) is 10.1. The van der Waals surface area contributed by atoms with E-state index >= 15 is 0 Å². The van der Waals surface area contributed by atoms with Crippen molar-refractivity contribution in [2.45, 2.75) is 15.2 Å². The zero-order chi connectivity index (χ0) is 26.1. The monoisotopic (exact) mass is 533 g/mol. The molecule has 0 saturated carbocycles. The molecule has 6 aromatic rings. The average Bonchev–Trinajstić information content (AvgIpc) is 3.26. The molecule has 0 amide bonds. The van der Waals surface area contributed by atoms with E-state index in [9.17, 15) is 5.26 Å². The second kappa shape index (κ2) is 8.35. The Bertz CT molecular complexity index is 2040. The van der Waals surface area contributed by atoms with Crippen molar-refractivity contribution in [2.24, 2.45) is 0 Å². The molecule has 1 atom stereocenters. The van der Waals surface area contributed by atoms with Crippen molar-refractivity contribution in [3.05, 3.63) is 154 Å². The molecular weight excluding hydrogens is 514 g/mol. The van der Waals surface area contributed by atoms with Crippen LogP contribution >= 0.6 is 23.4 Å². The summed E-state index contributed by atoms with van der Waals surface area (Å²) in [7, 11) is 0. The number of hydrogen-bond acceptors (Lipinski definition) is 2. The van der Waals surface area contributed by atoms with Crippen molar-refractivity contribution < 1.29 is 0 Å². The van der Waals surface area contributed by atoms with Crippen LogP contribution in [0.4, 0.5) is 0 Å². The molecule has 1 aliphatic carbocycles. The Morgan fingerprint density at radius 1 is 0.564 bits per heavy atom. The Balaban J connectivity index is 1.49. The van der Waals surface area contributed by atoms with E-state index in [0.717, 1.165) is 26.9 Å². The average molecular weight is 534 g/mol. The van der Waals surface area contributed by atoms with Crippen molar-refractivity contribution in [1.82, 2.24) is 0 Å². The van der Waals surface area contributed by atoms with Crippen LogP contribution in [0.3, 0.4) is 0 Å². The van der Waals surface area contributed by atoms with Gasteiger partial charge < -0.3 is 0 Å². The Morgan fingerprint density at radius 2 is 1.26 bits per heavy atom. The van der Waals surface area contributed by atoms with Gasteiger partial charge in [-0.1, -0.05) is 108 Å². The van der Waals surface area contributed by atoms with E-state index in [0.29, 0.717) is 5.56 Å². The Morgan fingerprint density at radius 3 is 2.13 bits per heavy atom. The molecule has 0 fully saturated rings. The lowest BCUT2D eigenvalue weighted by Gasteiger charge is -2.40. The van der Waals surface area contributed by atoms with Gasteiger partial charge in [-0.15, -0.1) is 0 Å². The number of hydrogen-bond donors (Lipinski definition) is 0. The van der Waals surface area contributed by atoms with Gasteiger partial charge in [0.05, 0.1) is 17.0 Å². The van der Waals surface area contributed by atoms with Gasteiger partial charge in [-0.05, 0) is 86.3 Å². The van der Waals surface area contributed by atoms with E-state index in [1.54, 1.807) is 0 Å². The van der Waals surface area contributed by atoms with Crippen LogP contribution in [0.2, 0.25) is 5.02 Å². The summed E-state index contributed by atoms with van der Waals surface area (Å²) in [6.07, 6.45) is 0. The van der Waals surface area contributed by atoms with Crippen LogP contribution in [0.1, 0.15) is 27.8 Å². The number of nitrogens with zero attached hydrogens (tertiary/aromatic N) is 1. The molecule has 8 rings (SSSR count). The predicted molar refractivity (Wildman–Crippen MR) is 161 cm³/mol. The molecule has 3 heteroatoms. The fraction of sp³-hybridized carbons (Fsp3) is 0.0278. The van der Waals surface area contributed by atoms with Gasteiger partial charge in [0.15, 0.2) is 0 Å². The Kier molecular flexibility index (Phi) is 4.86. The molecule has 1 heterocycles. The summed E-state index contributed by atoms with van der Waals surface area (Å²) in [4.78, 5) is 2.52. The zero-order valence-electron chi connectivity index (χ0n) is 20.8. The molecule has 0 radical (unpaired) electrons. The summed E-state index contributed by atoms with van der Waals surface area (Å²) in [5.41, 5.74) is 10.1. The smallest absolute Gasteiger partial charge is 0.0998 e. The zero-order valence-corrected chi connectivity index (χ0v) is 22.4. The highest BCUT2D eigenvalue weighted by molar-refractivity contribution is 7.99. The fourth-order valence-corrected chi connectivity index (χ4v) is 8.03. The molecule has 0 saturated heterocycles. The number of rotatable bonds is 1. The first kappa shape index (κ1) is 22.7. The van der Waals surface area contributed by atoms with Crippen LogP contribution in [0, 0.1) is 11.3 Å². The summed E-state index contributed by atoms with van der Waals surface area (Å²) in [6.45, 7) is 0. The van der Waals surface area contributed by atoms with Gasteiger partial charge in [-0.2, -0.15) is 5.26 Å². The summed E-state index contributed by atoms with van der Waals surface area (Å²) in [5.74, 6) is 0. The minimum atomic E-state index is -0.480. The molecule has 1 aliphatic heterocycles. The van der Waals surface area contributed by atoms with Crippen LogP contribution in [-0.2, 0) is 5.41 Å². The van der Waals surface area contributed by atoms with Gasteiger partial charge in [0, 0.05) is 20.2 Å². The third-order valence-electron chi connectivity index (χ3n) is 8.26. The molecule has 182 valence electrons. The SMILES string of the molecule is N#Cc1ccc(-c2ccc3c(c2)C2(c4ccccc4S3)c3ccccc3-c3ccc(Cl)cc32)c2ccccc12. The fourth-order valence-electron chi connectivity index (χ4n) is 6.69. The normalized spacial score (nSPS) is 16.3. The summed E-state index contributed by atoms with van der Waals surface area (Å²) >= 11 is 8.55. The molecule has 0 N–H and O–H groups in total. The number of halogens is 1. The summed E-state index contributed by atoms with van der Waals surface area (Å²) < 4.78 is 0. The molecule has 39 heavy (non-hydrogen) atoms. The van der Waals surface area contributed by atoms with Crippen molar-refractivity contribution in [3.8, 4) is 28.3 Å². The van der Waals surface area contributed by atoms with Crippen molar-refractivity contribution >= 4 is 34.1 Å². The van der Waals surface area contributed by atoms with E-state index in [2.05, 4.69) is 97.1 Å². The standard InChI is InChI=1S/C36H20ClNS/c37-24-15-17-29-28-9-3-4-10-30(28)36(32(29)20-24)31-11-5-6-12-34(31)39-35-18-14-22(19-33(35)36)26-16-13-23(21-38)25-7-1-2-8-27(25)26/h1-20H. The van der Waals surface area contributed by atoms with E-state index in [1.807, 2.05) is 42.1 Å². The first-order valence-electron chi connectivity index (χ1n) is 12.9. The maximum Gasteiger partial charge on any atom is 0.0998 e. The summed E-state index contributed by atoms with van der Waals surface area (Å²) in [6, 6.07) is 45.4. The van der Waals surface area contributed by atoms with Crippen LogP contribution in [0.25, 0.3) is 33.0 Å². The van der Waals surface area contributed by atoms with E-state index in [-0.39, 0.29) is 0 Å². The number of benzene rings is 6. The molecule has 2 aliphatic rings. The van der Waals surface area contributed by atoms with Crippen LogP contribution in [0.5, 0.6) is 0 Å². The maximum atomic E-state index is 9.73. The lowest BCUT2D eigenvalue weighted by Crippen LogP contribution is -2.32. The molecule has 1 spiro atoms. The highest BCUT2D eigenvalue weighted by atomic mass is 35.5. The molecule has 1 nitrogen and oxygen atoms in total. The van der Waals surface area contributed by atoms with Crippen LogP contribution < -0.4 is 0 Å². The second-order valence-corrected chi connectivity index (χ2v) is 11.6. The van der Waals surface area contributed by atoms with Crippen molar-refractivity contribution in [3.63, 3.8) is 0 Å². The Hall–Kier alpha value is -4.29. The van der Waals surface area contributed by atoms with Gasteiger partial charge in [0.25, 0.3) is 0 Å². The van der Waals surface area contributed by atoms with Crippen molar-refractivity contribution in [2.75, 3.05) is 0 Å². The predicted octanol–water partition coefficient (Wildman–Crippen LogP) is 9.86. The van der Waals surface area contributed by atoms with Gasteiger partial charge in [-0.3, -0.25) is 0 Å². The highest BCUT2D eigenvalue weighted by Crippen LogP contribution is 2.62. The van der Waals surface area contributed by atoms with Crippen LogP contribution in [0.15, 0.2) is 131 Å². The van der Waals surface area contributed by atoms with E-state index in [4.69, 9.17) is 11.6 Å². The maximum absolute atomic E-state index is 9.73. The van der Waals surface area contributed by atoms with Gasteiger partial charge in [-0.25, -0.2) is 0 Å². The first-order valence-corrected chi connectivity index (χ1v) is 14.1. The third-order valence-corrected chi connectivity index (χ3v) is 9.64. The van der Waals surface area contributed by atoms with Gasteiger partial charge in [0.1, 0.15) is 0 Å². The number of nitriles is 1. The quantitative estimate of drug-likeness (QED) is 0.209. The molecule has 0 bridgehead atoms. The summed E-state index contributed by atoms with van der Waals surface area (Å²) in [5, 5.41) is 12.5. The topological polar surface area (TPSA) is 23.8 Å². The third kappa shape index (κ3) is 3.03. The largest absolute Gasteiger partial charge is 0.192 e. The minimum absolute atomic E-state index is 0.480. The lowest BCUT2D eigenvalue weighted by molar-refractivity contribution is 0.723. The number of fused-ring (bicyclic) bond motifs is 10.